The molecular weight excluding hydrogens is 242 g/mol. The summed E-state index contributed by atoms with van der Waals surface area (Å²) in [6.07, 6.45) is 2.63. The Hall–Kier alpha value is -0.450. The van der Waals surface area contributed by atoms with Gasteiger partial charge in [-0.25, -0.2) is 4.98 Å². The van der Waals surface area contributed by atoms with Crippen LogP contribution >= 0.6 is 11.3 Å². The van der Waals surface area contributed by atoms with Crippen LogP contribution in [0.2, 0.25) is 0 Å². The van der Waals surface area contributed by atoms with Crippen molar-refractivity contribution >= 4 is 11.3 Å². The molecule has 0 aromatic carbocycles. The lowest BCUT2D eigenvalue weighted by Gasteiger charge is -2.33. The van der Waals surface area contributed by atoms with Gasteiger partial charge in [-0.05, 0) is 59.2 Å². The molecule has 0 spiro atoms. The van der Waals surface area contributed by atoms with E-state index < -0.39 is 0 Å². The molecule has 0 amide bonds. The molecule has 1 fully saturated rings. The molecule has 0 atom stereocenters. The summed E-state index contributed by atoms with van der Waals surface area (Å²) in [5.74, 6) is 0.843. The van der Waals surface area contributed by atoms with Crippen molar-refractivity contribution in [2.24, 2.45) is 5.92 Å². The average Bonchev–Trinajstić information content (AvgIpc) is 2.80. The minimum absolute atomic E-state index is 0.248. The third kappa shape index (κ3) is 4.67. The molecular formula is C14H25N3S. The summed E-state index contributed by atoms with van der Waals surface area (Å²) in [5, 5.41) is 5.78. The monoisotopic (exact) mass is 267 g/mol. The standard InChI is InChI=1S/C14H25N3S/c1-14(2,3)16-8-12-4-6-17(7-5-12)9-13-10-18-11-15-13/h10-12,16H,4-9H2,1-3H3. The van der Waals surface area contributed by atoms with E-state index in [4.69, 9.17) is 0 Å². The Morgan fingerprint density at radius 1 is 1.39 bits per heavy atom. The normalized spacial score (nSPS) is 19.3. The lowest BCUT2D eigenvalue weighted by Crippen LogP contribution is -2.42. The van der Waals surface area contributed by atoms with Gasteiger partial charge in [0, 0.05) is 17.5 Å². The maximum Gasteiger partial charge on any atom is 0.0795 e. The van der Waals surface area contributed by atoms with Crippen LogP contribution in [0.25, 0.3) is 0 Å². The summed E-state index contributed by atoms with van der Waals surface area (Å²) in [7, 11) is 0. The number of aromatic nitrogens is 1. The van der Waals surface area contributed by atoms with Gasteiger partial charge in [0.25, 0.3) is 0 Å². The van der Waals surface area contributed by atoms with E-state index >= 15 is 0 Å². The van der Waals surface area contributed by atoms with Gasteiger partial charge < -0.3 is 5.32 Å². The molecule has 1 aliphatic heterocycles. The van der Waals surface area contributed by atoms with Gasteiger partial charge in [-0.2, -0.15) is 0 Å². The van der Waals surface area contributed by atoms with Gasteiger partial charge in [-0.15, -0.1) is 11.3 Å². The first-order valence-corrected chi connectivity index (χ1v) is 7.82. The molecule has 0 unspecified atom stereocenters. The van der Waals surface area contributed by atoms with Crippen molar-refractivity contribution in [1.82, 2.24) is 15.2 Å². The van der Waals surface area contributed by atoms with Crippen molar-refractivity contribution in [3.8, 4) is 0 Å². The smallest absolute Gasteiger partial charge is 0.0795 e. The molecule has 0 radical (unpaired) electrons. The van der Waals surface area contributed by atoms with Crippen LogP contribution in [0.3, 0.4) is 0 Å². The number of thiazole rings is 1. The van der Waals surface area contributed by atoms with Crippen LogP contribution in [0, 0.1) is 5.92 Å². The van der Waals surface area contributed by atoms with Gasteiger partial charge in [0.2, 0.25) is 0 Å². The van der Waals surface area contributed by atoms with E-state index in [0.717, 1.165) is 19.0 Å². The Bertz CT molecular complexity index is 334. The molecule has 0 saturated carbocycles. The number of rotatable bonds is 4. The van der Waals surface area contributed by atoms with E-state index in [9.17, 15) is 0 Å². The molecule has 1 saturated heterocycles. The molecule has 1 aromatic heterocycles. The Kier molecular flexibility index (Phi) is 4.76. The molecule has 0 bridgehead atoms. The quantitative estimate of drug-likeness (QED) is 0.909. The number of nitrogens with one attached hydrogen (secondary N) is 1. The van der Waals surface area contributed by atoms with Gasteiger partial charge in [-0.3, -0.25) is 4.90 Å². The minimum Gasteiger partial charge on any atom is -0.312 e. The lowest BCUT2D eigenvalue weighted by atomic mass is 9.95. The Balaban J connectivity index is 1.68. The largest absolute Gasteiger partial charge is 0.312 e. The molecule has 3 nitrogen and oxygen atoms in total. The summed E-state index contributed by atoms with van der Waals surface area (Å²) >= 11 is 1.69. The number of piperidine rings is 1. The number of likely N-dealkylation sites (tertiary alicyclic amines) is 1. The summed E-state index contributed by atoms with van der Waals surface area (Å²) in [6.45, 7) is 11.3. The van der Waals surface area contributed by atoms with E-state index in [1.165, 1.54) is 31.6 Å². The van der Waals surface area contributed by atoms with E-state index in [0.29, 0.717) is 0 Å². The molecule has 1 N–H and O–H groups in total. The summed E-state index contributed by atoms with van der Waals surface area (Å²) in [6, 6.07) is 0. The van der Waals surface area contributed by atoms with Crippen LogP contribution in [0.15, 0.2) is 10.9 Å². The van der Waals surface area contributed by atoms with Gasteiger partial charge in [0.15, 0.2) is 0 Å². The van der Waals surface area contributed by atoms with Crippen molar-refractivity contribution in [3.63, 3.8) is 0 Å². The average molecular weight is 267 g/mol. The van der Waals surface area contributed by atoms with Crippen molar-refractivity contribution in [2.45, 2.75) is 45.7 Å². The first-order valence-electron chi connectivity index (χ1n) is 6.87. The van der Waals surface area contributed by atoms with Crippen molar-refractivity contribution in [1.29, 1.82) is 0 Å². The topological polar surface area (TPSA) is 28.2 Å². The maximum atomic E-state index is 4.36. The maximum absolute atomic E-state index is 4.36. The zero-order valence-corrected chi connectivity index (χ0v) is 12.6. The summed E-state index contributed by atoms with van der Waals surface area (Å²) in [5.41, 5.74) is 3.40. The fraction of sp³-hybridized carbons (Fsp3) is 0.786. The van der Waals surface area contributed by atoms with Crippen LogP contribution in [0.4, 0.5) is 0 Å². The molecule has 2 heterocycles. The highest BCUT2D eigenvalue weighted by atomic mass is 32.1. The number of hydrogen-bond acceptors (Lipinski definition) is 4. The highest BCUT2D eigenvalue weighted by molar-refractivity contribution is 7.07. The molecule has 4 heteroatoms. The highest BCUT2D eigenvalue weighted by Gasteiger charge is 2.21. The van der Waals surface area contributed by atoms with Crippen molar-refractivity contribution < 1.29 is 0 Å². The van der Waals surface area contributed by atoms with Gasteiger partial charge in [0.1, 0.15) is 0 Å². The molecule has 1 aromatic rings. The predicted octanol–water partition coefficient (Wildman–Crippen LogP) is 2.74. The van der Waals surface area contributed by atoms with Crippen LogP contribution in [0.5, 0.6) is 0 Å². The molecule has 18 heavy (non-hydrogen) atoms. The lowest BCUT2D eigenvalue weighted by molar-refractivity contribution is 0.169. The third-order valence-electron chi connectivity index (χ3n) is 3.50. The molecule has 2 rings (SSSR count). The second-order valence-corrected chi connectivity index (χ2v) is 7.05. The van der Waals surface area contributed by atoms with E-state index in [-0.39, 0.29) is 5.54 Å². The van der Waals surface area contributed by atoms with Gasteiger partial charge >= 0.3 is 0 Å². The van der Waals surface area contributed by atoms with Crippen LogP contribution < -0.4 is 5.32 Å². The zero-order chi connectivity index (χ0) is 13.0. The predicted molar refractivity (Wildman–Crippen MR) is 77.9 cm³/mol. The molecule has 0 aliphatic carbocycles. The number of nitrogens with zero attached hydrogens (tertiary/aromatic N) is 2. The SMILES string of the molecule is CC(C)(C)NCC1CCN(Cc2cscn2)CC1. The molecule has 1 aliphatic rings. The van der Waals surface area contributed by atoms with Crippen molar-refractivity contribution in [3.05, 3.63) is 16.6 Å². The second kappa shape index (κ2) is 6.13. The van der Waals surface area contributed by atoms with Crippen LogP contribution in [0.1, 0.15) is 39.3 Å². The zero-order valence-electron chi connectivity index (χ0n) is 11.8. The second-order valence-electron chi connectivity index (χ2n) is 6.33. The Morgan fingerprint density at radius 3 is 2.67 bits per heavy atom. The van der Waals surface area contributed by atoms with Gasteiger partial charge in [0.05, 0.1) is 11.2 Å². The van der Waals surface area contributed by atoms with E-state index in [1.807, 2.05) is 5.51 Å². The molecule has 102 valence electrons. The van der Waals surface area contributed by atoms with Gasteiger partial charge in [-0.1, -0.05) is 0 Å². The van der Waals surface area contributed by atoms with Crippen LogP contribution in [-0.4, -0.2) is 35.1 Å². The summed E-state index contributed by atoms with van der Waals surface area (Å²) in [4.78, 5) is 6.89. The van der Waals surface area contributed by atoms with Crippen LogP contribution in [-0.2, 0) is 6.54 Å². The summed E-state index contributed by atoms with van der Waals surface area (Å²) < 4.78 is 0. The fourth-order valence-corrected chi connectivity index (χ4v) is 2.89. The van der Waals surface area contributed by atoms with Crippen molar-refractivity contribution in [2.75, 3.05) is 19.6 Å². The highest BCUT2D eigenvalue weighted by Crippen LogP contribution is 2.19. The number of hydrogen-bond donors (Lipinski definition) is 1. The Labute approximate surface area is 115 Å². The third-order valence-corrected chi connectivity index (χ3v) is 4.13. The van der Waals surface area contributed by atoms with E-state index in [2.05, 4.69) is 41.4 Å². The first-order chi connectivity index (χ1) is 8.53. The fourth-order valence-electron chi connectivity index (χ4n) is 2.34. The first kappa shape index (κ1) is 14.0. The van der Waals surface area contributed by atoms with E-state index in [1.54, 1.807) is 11.3 Å². The Morgan fingerprint density at radius 2 is 2.11 bits per heavy atom. The minimum atomic E-state index is 0.248.